The number of phenols is 1. The van der Waals surface area contributed by atoms with Crippen LogP contribution < -0.4 is 4.74 Å². The molecule has 1 fully saturated rings. The maximum atomic E-state index is 13.1. The van der Waals surface area contributed by atoms with Gasteiger partial charge < -0.3 is 24.4 Å². The van der Waals surface area contributed by atoms with E-state index in [1.54, 1.807) is 19.1 Å². The smallest absolute Gasteiger partial charge is 0.328 e. The molecule has 11 heteroatoms. The van der Waals surface area contributed by atoms with Crippen molar-refractivity contribution in [3.8, 4) is 17.2 Å². The summed E-state index contributed by atoms with van der Waals surface area (Å²) in [5, 5.41) is 10.3. The fraction of sp³-hybridized carbons (Fsp3) is 0.364. The van der Waals surface area contributed by atoms with E-state index in [0.29, 0.717) is 45.4 Å². The summed E-state index contributed by atoms with van der Waals surface area (Å²) >= 11 is 6.83. The molecule has 3 rings (SSSR count). The average Bonchev–Trinajstić information content (AvgIpc) is 3.20. The van der Waals surface area contributed by atoms with Crippen LogP contribution in [0.1, 0.15) is 35.7 Å². The Balaban J connectivity index is 1.86. The Morgan fingerprint density at radius 1 is 1.21 bits per heavy atom. The van der Waals surface area contributed by atoms with Crippen molar-refractivity contribution in [3.63, 3.8) is 0 Å². The first-order valence-corrected chi connectivity index (χ1v) is 14.1. The fourth-order valence-corrected chi connectivity index (χ4v) is 5.96. The molecule has 0 aliphatic carbocycles. The number of rotatable bonds is 7. The fourth-order valence-electron chi connectivity index (χ4n) is 3.66. The lowest BCUT2D eigenvalue weighted by molar-refractivity contribution is -0.147. The summed E-state index contributed by atoms with van der Waals surface area (Å²) in [6.07, 6.45) is 1.18. The van der Waals surface area contributed by atoms with Gasteiger partial charge in [0.1, 0.15) is 17.5 Å². The molecule has 2 atom stereocenters. The molecule has 0 saturated carbocycles. The molecule has 0 spiro atoms. The number of hydrogen-bond donors (Lipinski definition) is 2. The van der Waals surface area contributed by atoms with Crippen molar-refractivity contribution in [3.05, 3.63) is 50.4 Å². The van der Waals surface area contributed by atoms with Crippen LogP contribution in [0.3, 0.4) is 0 Å². The van der Waals surface area contributed by atoms with Crippen LogP contribution in [0.4, 0.5) is 0 Å². The topological polar surface area (TPSA) is 113 Å². The lowest BCUT2D eigenvalue weighted by Gasteiger charge is -2.23. The number of nitrogens with zero attached hydrogens (tertiary/aromatic N) is 1. The summed E-state index contributed by atoms with van der Waals surface area (Å²) in [6, 6.07) is 6.98. The van der Waals surface area contributed by atoms with Gasteiger partial charge in [0, 0.05) is 19.4 Å². The van der Waals surface area contributed by atoms with Gasteiger partial charge in [-0.25, -0.2) is 4.79 Å². The summed E-state index contributed by atoms with van der Waals surface area (Å²) < 4.78 is 23.8. The Bertz CT molecular complexity index is 1090. The van der Waals surface area contributed by atoms with Crippen LogP contribution >= 0.6 is 39.2 Å². The van der Waals surface area contributed by atoms with Crippen LogP contribution in [0.15, 0.2) is 39.3 Å². The molecule has 0 bridgehead atoms. The number of aromatic hydroxyl groups is 1. The van der Waals surface area contributed by atoms with Crippen LogP contribution in [0.5, 0.6) is 17.2 Å². The summed E-state index contributed by atoms with van der Waals surface area (Å²) in [7, 11) is -3.24. The van der Waals surface area contributed by atoms with Gasteiger partial charge in [0.15, 0.2) is 5.75 Å². The Labute approximate surface area is 208 Å². The number of phenolic OH excluding ortho intramolecular Hbond substituents is 1. The summed E-state index contributed by atoms with van der Waals surface area (Å²) in [4.78, 5) is 36.4. The Hall–Kier alpha value is -1.87. The lowest BCUT2D eigenvalue weighted by Crippen LogP contribution is -2.41. The molecule has 1 amide bonds. The van der Waals surface area contributed by atoms with Crippen molar-refractivity contribution in [1.29, 1.82) is 0 Å². The summed E-state index contributed by atoms with van der Waals surface area (Å²) in [5.41, 5.74) is 0.662. The quantitative estimate of drug-likeness (QED) is 0.327. The number of carbonyl (C=O) groups excluding carboxylic acids is 2. The molecule has 1 heterocycles. The summed E-state index contributed by atoms with van der Waals surface area (Å²) in [5.74, 6) is -0.471. The van der Waals surface area contributed by atoms with Gasteiger partial charge in [0.05, 0.1) is 21.1 Å². The van der Waals surface area contributed by atoms with Crippen molar-refractivity contribution < 1.29 is 33.6 Å². The van der Waals surface area contributed by atoms with Crippen molar-refractivity contribution in [1.82, 2.24) is 4.90 Å². The molecule has 2 unspecified atom stereocenters. The van der Waals surface area contributed by atoms with Crippen LogP contribution in [0.2, 0.25) is 0 Å². The highest BCUT2D eigenvalue weighted by Crippen LogP contribution is 2.44. The number of hydrogen-bond acceptors (Lipinski definition) is 6. The van der Waals surface area contributed by atoms with Crippen LogP contribution in [-0.4, -0.2) is 52.6 Å². The van der Waals surface area contributed by atoms with E-state index in [4.69, 9.17) is 9.47 Å². The van der Waals surface area contributed by atoms with E-state index in [9.17, 15) is 24.2 Å². The van der Waals surface area contributed by atoms with Crippen LogP contribution in [0.25, 0.3) is 0 Å². The number of benzene rings is 2. The molecule has 33 heavy (non-hydrogen) atoms. The highest BCUT2D eigenvalue weighted by Gasteiger charge is 2.36. The van der Waals surface area contributed by atoms with Crippen molar-refractivity contribution >= 4 is 51.1 Å². The van der Waals surface area contributed by atoms with Crippen molar-refractivity contribution in [2.24, 2.45) is 0 Å². The number of amides is 1. The van der Waals surface area contributed by atoms with E-state index in [-0.39, 0.29) is 24.1 Å². The largest absolute Gasteiger partial charge is 0.507 e. The van der Waals surface area contributed by atoms with Crippen molar-refractivity contribution in [2.75, 3.05) is 19.8 Å². The van der Waals surface area contributed by atoms with E-state index in [1.165, 1.54) is 29.8 Å². The van der Waals surface area contributed by atoms with Gasteiger partial charge in [-0.3, -0.25) is 9.36 Å². The predicted octanol–water partition coefficient (Wildman–Crippen LogP) is 5.28. The first-order chi connectivity index (χ1) is 15.5. The highest BCUT2D eigenvalue weighted by atomic mass is 79.9. The van der Waals surface area contributed by atoms with E-state index >= 15 is 0 Å². The molecule has 1 aliphatic rings. The standard InChI is InChI=1S/C22H24Br2NO7P/c1-3-31-22(28)18-5-4-8-25(18)21(27)15-11-14(6-7-19(15)26)32-20-16(23)9-13(10-17(20)24)12-33(2,29)30/h6-7,9-11,18,26H,3-5,8,12H2,1-2H3,(H,29,30). The molecule has 0 radical (unpaired) electrons. The second-order valence-electron chi connectivity index (χ2n) is 7.79. The lowest BCUT2D eigenvalue weighted by atomic mass is 10.1. The second kappa shape index (κ2) is 10.6. The first kappa shape index (κ1) is 25.7. The molecule has 0 aromatic heterocycles. The number of esters is 1. The third-order valence-electron chi connectivity index (χ3n) is 5.02. The Morgan fingerprint density at radius 3 is 2.48 bits per heavy atom. The van der Waals surface area contributed by atoms with Crippen molar-refractivity contribution in [2.45, 2.75) is 32.0 Å². The minimum Gasteiger partial charge on any atom is -0.507 e. The molecule has 8 nitrogen and oxygen atoms in total. The maximum Gasteiger partial charge on any atom is 0.328 e. The number of halogens is 2. The minimum absolute atomic E-state index is 0.0137. The second-order valence-corrected chi connectivity index (χ2v) is 11.9. The molecule has 2 aromatic rings. The molecule has 178 valence electrons. The van der Waals surface area contributed by atoms with Gasteiger partial charge in [-0.1, -0.05) is 0 Å². The minimum atomic E-state index is -3.24. The van der Waals surface area contributed by atoms with E-state index in [1.807, 2.05) is 0 Å². The molecular weight excluding hydrogens is 581 g/mol. The van der Waals surface area contributed by atoms with E-state index < -0.39 is 25.3 Å². The zero-order valence-electron chi connectivity index (χ0n) is 18.1. The molecule has 2 N–H and O–H groups in total. The first-order valence-electron chi connectivity index (χ1n) is 10.3. The van der Waals surface area contributed by atoms with Gasteiger partial charge >= 0.3 is 5.97 Å². The zero-order valence-corrected chi connectivity index (χ0v) is 22.2. The molecular formula is C22H24Br2NO7P. The molecule has 2 aromatic carbocycles. The van der Waals surface area contributed by atoms with E-state index in [0.717, 1.165) is 0 Å². The SMILES string of the molecule is CCOC(=O)C1CCCN1C(=O)c1cc(Oc2c(Br)cc(CP(C)(=O)O)cc2Br)ccc1O. The van der Waals surface area contributed by atoms with Crippen LogP contribution in [0, 0.1) is 0 Å². The Kier molecular flexibility index (Phi) is 8.26. The maximum absolute atomic E-state index is 13.1. The normalized spacial score (nSPS) is 17.5. The average molecular weight is 605 g/mol. The Morgan fingerprint density at radius 2 is 1.88 bits per heavy atom. The van der Waals surface area contributed by atoms with Gasteiger partial charge in [-0.05, 0) is 87.5 Å². The number of carbonyl (C=O) groups is 2. The van der Waals surface area contributed by atoms with Gasteiger partial charge in [0.2, 0.25) is 7.37 Å². The monoisotopic (exact) mass is 603 g/mol. The third kappa shape index (κ3) is 6.38. The van der Waals surface area contributed by atoms with Gasteiger partial charge in [0.25, 0.3) is 5.91 Å². The third-order valence-corrected chi connectivity index (χ3v) is 7.15. The van der Waals surface area contributed by atoms with Gasteiger partial charge in [-0.2, -0.15) is 0 Å². The highest BCUT2D eigenvalue weighted by molar-refractivity contribution is 9.11. The molecule has 1 aliphatic heterocycles. The zero-order chi connectivity index (χ0) is 24.3. The van der Waals surface area contributed by atoms with Crippen LogP contribution in [-0.2, 0) is 20.3 Å². The van der Waals surface area contributed by atoms with E-state index in [2.05, 4.69) is 31.9 Å². The number of likely N-dealkylation sites (tertiary alicyclic amines) is 1. The van der Waals surface area contributed by atoms with Gasteiger partial charge in [-0.15, -0.1) is 0 Å². The number of ether oxygens (including phenoxy) is 2. The summed E-state index contributed by atoms with van der Waals surface area (Å²) in [6.45, 7) is 3.61. The predicted molar refractivity (Wildman–Crippen MR) is 130 cm³/mol. The molecule has 1 saturated heterocycles.